The SMILES string of the molecule is COCc1c(C(=O)Nc2cc(C(C)(C)C)ccc2OC)sc2cccc(F)c12. The number of fused-ring (bicyclic) bond motifs is 1. The minimum Gasteiger partial charge on any atom is -0.495 e. The minimum atomic E-state index is -0.354. The first-order valence-electron chi connectivity index (χ1n) is 8.95. The number of ether oxygens (including phenoxy) is 2. The molecule has 3 rings (SSSR count). The van der Waals surface area contributed by atoms with E-state index >= 15 is 0 Å². The van der Waals surface area contributed by atoms with Crippen LogP contribution in [-0.2, 0) is 16.8 Å². The maximum atomic E-state index is 14.4. The predicted octanol–water partition coefficient (Wildman–Crippen LogP) is 5.75. The van der Waals surface area contributed by atoms with Crippen LogP contribution in [0.25, 0.3) is 10.1 Å². The third-order valence-electron chi connectivity index (χ3n) is 4.57. The number of methoxy groups -OCH3 is 2. The van der Waals surface area contributed by atoms with E-state index in [1.54, 1.807) is 19.2 Å². The number of carbonyl (C=O) groups is 1. The molecule has 148 valence electrons. The van der Waals surface area contributed by atoms with Crippen LogP contribution >= 0.6 is 11.3 Å². The van der Waals surface area contributed by atoms with Crippen molar-refractivity contribution in [2.45, 2.75) is 32.8 Å². The second-order valence-corrected chi connectivity index (χ2v) is 8.63. The third kappa shape index (κ3) is 3.88. The third-order valence-corrected chi connectivity index (χ3v) is 5.77. The zero-order chi connectivity index (χ0) is 20.5. The molecule has 0 fully saturated rings. The molecule has 0 atom stereocenters. The highest BCUT2D eigenvalue weighted by Crippen LogP contribution is 2.36. The molecule has 6 heteroatoms. The molecule has 0 spiro atoms. The van der Waals surface area contributed by atoms with Gasteiger partial charge in [0.25, 0.3) is 5.91 Å². The van der Waals surface area contributed by atoms with E-state index in [2.05, 4.69) is 26.1 Å². The molecule has 1 aromatic heterocycles. The van der Waals surface area contributed by atoms with Gasteiger partial charge >= 0.3 is 0 Å². The zero-order valence-electron chi connectivity index (χ0n) is 16.7. The molecule has 28 heavy (non-hydrogen) atoms. The molecule has 4 nitrogen and oxygen atoms in total. The van der Waals surface area contributed by atoms with Gasteiger partial charge in [-0.15, -0.1) is 11.3 Å². The number of halogens is 1. The average Bonchev–Trinajstić information content (AvgIpc) is 3.01. The Bertz CT molecular complexity index is 1020. The number of hydrogen-bond donors (Lipinski definition) is 1. The fourth-order valence-electron chi connectivity index (χ4n) is 3.08. The lowest BCUT2D eigenvalue weighted by atomic mass is 9.87. The van der Waals surface area contributed by atoms with Crippen molar-refractivity contribution in [1.82, 2.24) is 0 Å². The van der Waals surface area contributed by atoms with E-state index in [0.29, 0.717) is 32.0 Å². The van der Waals surface area contributed by atoms with Crippen LogP contribution in [0, 0.1) is 5.82 Å². The van der Waals surface area contributed by atoms with E-state index in [0.717, 1.165) is 5.56 Å². The molecule has 1 N–H and O–H groups in total. The number of anilines is 1. The lowest BCUT2D eigenvalue weighted by Gasteiger charge is -2.21. The van der Waals surface area contributed by atoms with Crippen molar-refractivity contribution in [3.05, 3.63) is 58.2 Å². The van der Waals surface area contributed by atoms with Gasteiger partial charge in [-0.25, -0.2) is 4.39 Å². The highest BCUT2D eigenvalue weighted by molar-refractivity contribution is 7.21. The quantitative estimate of drug-likeness (QED) is 0.593. The molecule has 0 aliphatic rings. The van der Waals surface area contributed by atoms with Gasteiger partial charge in [-0.3, -0.25) is 4.79 Å². The lowest BCUT2D eigenvalue weighted by Crippen LogP contribution is -2.16. The maximum absolute atomic E-state index is 14.4. The fraction of sp³-hybridized carbons (Fsp3) is 0.318. The summed E-state index contributed by atoms with van der Waals surface area (Å²) in [6.07, 6.45) is 0. The number of carbonyl (C=O) groups excluding carboxylic acids is 1. The first-order valence-corrected chi connectivity index (χ1v) is 9.76. The van der Waals surface area contributed by atoms with Crippen molar-refractivity contribution in [3.63, 3.8) is 0 Å². The van der Waals surface area contributed by atoms with Crippen molar-refractivity contribution < 1.29 is 18.7 Å². The summed E-state index contributed by atoms with van der Waals surface area (Å²) in [6, 6.07) is 10.6. The minimum absolute atomic E-state index is 0.0757. The molecule has 2 aromatic carbocycles. The summed E-state index contributed by atoms with van der Waals surface area (Å²) < 4.78 is 25.7. The summed E-state index contributed by atoms with van der Waals surface area (Å²) in [4.78, 5) is 13.5. The van der Waals surface area contributed by atoms with Crippen LogP contribution in [0.1, 0.15) is 41.6 Å². The first-order chi connectivity index (χ1) is 13.3. The maximum Gasteiger partial charge on any atom is 0.266 e. The predicted molar refractivity (Wildman–Crippen MR) is 112 cm³/mol. The first kappa shape index (κ1) is 20.3. The van der Waals surface area contributed by atoms with Gasteiger partial charge in [0, 0.05) is 22.8 Å². The highest BCUT2D eigenvalue weighted by atomic mass is 32.1. The lowest BCUT2D eigenvalue weighted by molar-refractivity contribution is 0.102. The van der Waals surface area contributed by atoms with Gasteiger partial charge < -0.3 is 14.8 Å². The van der Waals surface area contributed by atoms with Crippen molar-refractivity contribution >= 4 is 33.0 Å². The van der Waals surface area contributed by atoms with Crippen molar-refractivity contribution in [2.24, 2.45) is 0 Å². The molecule has 0 unspecified atom stereocenters. The van der Waals surface area contributed by atoms with Crippen LogP contribution in [0.2, 0.25) is 0 Å². The standard InChI is InChI=1S/C22H24FNO3S/c1-22(2,3)13-9-10-17(27-5)16(11-13)24-21(25)20-14(12-26-4)19-15(23)7-6-8-18(19)28-20/h6-11H,12H2,1-5H3,(H,24,25). The van der Waals surface area contributed by atoms with Crippen LogP contribution in [0.5, 0.6) is 5.75 Å². The highest BCUT2D eigenvalue weighted by Gasteiger charge is 2.22. The second kappa shape index (κ2) is 7.89. The van der Waals surface area contributed by atoms with Gasteiger partial charge in [-0.2, -0.15) is 0 Å². The number of amides is 1. The summed E-state index contributed by atoms with van der Waals surface area (Å²) in [5.74, 6) is -0.0916. The van der Waals surface area contributed by atoms with Gasteiger partial charge in [0.2, 0.25) is 0 Å². The zero-order valence-corrected chi connectivity index (χ0v) is 17.5. The summed E-state index contributed by atoms with van der Waals surface area (Å²) in [6.45, 7) is 6.46. The van der Waals surface area contributed by atoms with Gasteiger partial charge in [0.1, 0.15) is 11.6 Å². The topological polar surface area (TPSA) is 47.6 Å². The molecule has 0 saturated heterocycles. The Morgan fingerprint density at radius 3 is 2.57 bits per heavy atom. The van der Waals surface area contributed by atoms with E-state index < -0.39 is 0 Å². The number of benzene rings is 2. The number of rotatable bonds is 5. The molecule has 3 aromatic rings. The number of thiophene rings is 1. The Balaban J connectivity index is 2.04. The van der Waals surface area contributed by atoms with Crippen LogP contribution in [-0.4, -0.2) is 20.1 Å². The van der Waals surface area contributed by atoms with Crippen molar-refractivity contribution in [3.8, 4) is 5.75 Å². The van der Waals surface area contributed by atoms with Gasteiger partial charge in [0.15, 0.2) is 0 Å². The van der Waals surface area contributed by atoms with E-state index in [9.17, 15) is 9.18 Å². The molecule has 0 aliphatic heterocycles. The molecule has 0 bridgehead atoms. The normalized spacial score (nSPS) is 11.6. The molecular formula is C22H24FNO3S. The van der Waals surface area contributed by atoms with Crippen LogP contribution in [0.15, 0.2) is 36.4 Å². The Morgan fingerprint density at radius 1 is 1.18 bits per heavy atom. The summed E-state index contributed by atoms with van der Waals surface area (Å²) >= 11 is 1.26. The molecule has 0 radical (unpaired) electrons. The number of nitrogens with one attached hydrogen (secondary N) is 1. The van der Waals surface area contributed by atoms with Gasteiger partial charge in [-0.05, 0) is 35.2 Å². The van der Waals surface area contributed by atoms with E-state index in [-0.39, 0.29) is 23.7 Å². The van der Waals surface area contributed by atoms with Crippen LogP contribution in [0.3, 0.4) is 0 Å². The fourth-order valence-corrected chi connectivity index (χ4v) is 4.20. The molecule has 0 saturated carbocycles. The van der Waals surface area contributed by atoms with E-state index in [1.807, 2.05) is 18.2 Å². The Kier molecular flexibility index (Phi) is 5.72. The largest absolute Gasteiger partial charge is 0.495 e. The van der Waals surface area contributed by atoms with E-state index in [1.165, 1.54) is 24.5 Å². The summed E-state index contributed by atoms with van der Waals surface area (Å²) in [5, 5.41) is 3.38. The average molecular weight is 402 g/mol. The van der Waals surface area contributed by atoms with Crippen molar-refractivity contribution in [1.29, 1.82) is 0 Å². The monoisotopic (exact) mass is 401 g/mol. The Hall–Kier alpha value is -2.44. The molecular weight excluding hydrogens is 377 g/mol. The van der Waals surface area contributed by atoms with E-state index in [4.69, 9.17) is 9.47 Å². The van der Waals surface area contributed by atoms with Gasteiger partial charge in [-0.1, -0.05) is 32.9 Å². The number of hydrogen-bond acceptors (Lipinski definition) is 4. The Labute approximate surface area is 168 Å². The van der Waals surface area contributed by atoms with Gasteiger partial charge in [0.05, 0.1) is 24.3 Å². The molecule has 1 amide bonds. The van der Waals surface area contributed by atoms with Crippen LogP contribution in [0.4, 0.5) is 10.1 Å². The second-order valence-electron chi connectivity index (χ2n) is 7.57. The van der Waals surface area contributed by atoms with Crippen molar-refractivity contribution in [2.75, 3.05) is 19.5 Å². The summed E-state index contributed by atoms with van der Waals surface area (Å²) in [7, 11) is 3.09. The smallest absolute Gasteiger partial charge is 0.266 e. The molecule has 0 aliphatic carbocycles. The van der Waals surface area contributed by atoms with Crippen LogP contribution < -0.4 is 10.1 Å². The molecule has 1 heterocycles. The Morgan fingerprint density at radius 2 is 1.93 bits per heavy atom. The summed E-state index contributed by atoms with van der Waals surface area (Å²) in [5.41, 5.74) is 2.14.